The highest BCUT2D eigenvalue weighted by atomic mass is 35.5. The monoisotopic (exact) mass is 214 g/mol. The van der Waals surface area contributed by atoms with Crippen molar-refractivity contribution < 1.29 is 4.74 Å². The van der Waals surface area contributed by atoms with Gasteiger partial charge in [-0.2, -0.15) is 0 Å². The van der Waals surface area contributed by atoms with Crippen molar-refractivity contribution in [3.8, 4) is 0 Å². The van der Waals surface area contributed by atoms with Crippen LogP contribution in [0.15, 0.2) is 24.5 Å². The molecule has 1 aromatic rings. The van der Waals surface area contributed by atoms with E-state index < -0.39 is 0 Å². The molecule has 1 heterocycles. The minimum absolute atomic E-state index is 0.264. The maximum absolute atomic E-state index is 5.69. The summed E-state index contributed by atoms with van der Waals surface area (Å²) in [6.07, 6.45) is 4.40. The molecule has 3 nitrogen and oxygen atoms in total. The van der Waals surface area contributed by atoms with Crippen molar-refractivity contribution in [2.45, 2.75) is 12.5 Å². The first-order valence-corrected chi connectivity index (χ1v) is 5.11. The normalized spacial score (nSPS) is 12.4. The summed E-state index contributed by atoms with van der Waals surface area (Å²) in [5, 5.41) is 3.33. The average Bonchev–Trinajstić information content (AvgIpc) is 2.20. The van der Waals surface area contributed by atoms with E-state index in [-0.39, 0.29) is 6.04 Å². The van der Waals surface area contributed by atoms with E-state index in [1.165, 1.54) is 0 Å². The summed E-state index contributed by atoms with van der Waals surface area (Å²) in [6, 6.07) is 4.12. The van der Waals surface area contributed by atoms with E-state index in [9.17, 15) is 0 Å². The van der Waals surface area contributed by atoms with Crippen LogP contribution in [-0.4, -0.2) is 30.6 Å². The Bertz CT molecular complexity index is 237. The molecule has 1 rings (SSSR count). The summed E-state index contributed by atoms with van der Waals surface area (Å²) in [4.78, 5) is 3.95. The maximum atomic E-state index is 5.69. The summed E-state index contributed by atoms with van der Waals surface area (Å²) < 4.78 is 5.09. The molecule has 0 aliphatic carbocycles. The van der Waals surface area contributed by atoms with Gasteiger partial charge in [0, 0.05) is 31.1 Å². The van der Waals surface area contributed by atoms with Gasteiger partial charge in [-0.1, -0.05) is 0 Å². The van der Waals surface area contributed by atoms with Gasteiger partial charge in [0.15, 0.2) is 0 Å². The summed E-state index contributed by atoms with van der Waals surface area (Å²) >= 11 is 5.69. The lowest BCUT2D eigenvalue weighted by Crippen LogP contribution is -2.25. The average molecular weight is 215 g/mol. The SMILES string of the molecule is COCC(CCCl)Nc1ccncc1. The zero-order chi connectivity index (χ0) is 10.2. The summed E-state index contributed by atoms with van der Waals surface area (Å²) in [5.74, 6) is 0.631. The minimum atomic E-state index is 0.264. The molecule has 0 aliphatic rings. The molecule has 0 radical (unpaired) electrons. The zero-order valence-corrected chi connectivity index (χ0v) is 9.00. The number of methoxy groups -OCH3 is 1. The smallest absolute Gasteiger partial charge is 0.0664 e. The molecule has 0 fully saturated rings. The molecule has 0 amide bonds. The van der Waals surface area contributed by atoms with E-state index in [1.54, 1.807) is 19.5 Å². The molecular formula is C10H15ClN2O. The molecule has 4 heteroatoms. The van der Waals surface area contributed by atoms with Gasteiger partial charge in [-0.05, 0) is 18.6 Å². The molecule has 1 N–H and O–H groups in total. The Morgan fingerprint density at radius 3 is 2.79 bits per heavy atom. The number of nitrogens with zero attached hydrogens (tertiary/aromatic N) is 1. The van der Waals surface area contributed by atoms with Crippen molar-refractivity contribution in [2.24, 2.45) is 0 Å². The summed E-state index contributed by atoms with van der Waals surface area (Å²) in [6.45, 7) is 0.662. The number of ether oxygens (including phenoxy) is 1. The lowest BCUT2D eigenvalue weighted by molar-refractivity contribution is 0.184. The molecule has 14 heavy (non-hydrogen) atoms. The number of alkyl halides is 1. The molecule has 0 saturated heterocycles. The van der Waals surface area contributed by atoms with Crippen LogP contribution < -0.4 is 5.32 Å². The van der Waals surface area contributed by atoms with E-state index in [4.69, 9.17) is 16.3 Å². The summed E-state index contributed by atoms with van der Waals surface area (Å²) in [5.41, 5.74) is 1.05. The second kappa shape index (κ2) is 6.62. The second-order valence-electron chi connectivity index (χ2n) is 3.01. The van der Waals surface area contributed by atoms with Crippen molar-refractivity contribution in [3.05, 3.63) is 24.5 Å². The van der Waals surface area contributed by atoms with Crippen molar-refractivity contribution in [1.82, 2.24) is 4.98 Å². The van der Waals surface area contributed by atoms with Gasteiger partial charge in [0.1, 0.15) is 0 Å². The Labute approximate surface area is 89.4 Å². The number of aromatic nitrogens is 1. The van der Waals surface area contributed by atoms with Gasteiger partial charge in [0.2, 0.25) is 0 Å². The van der Waals surface area contributed by atoms with Crippen LogP contribution in [0.4, 0.5) is 5.69 Å². The quantitative estimate of drug-likeness (QED) is 0.737. The van der Waals surface area contributed by atoms with Crippen LogP contribution in [0.3, 0.4) is 0 Å². The number of pyridine rings is 1. The molecular weight excluding hydrogens is 200 g/mol. The van der Waals surface area contributed by atoms with Gasteiger partial charge in [-0.3, -0.25) is 4.98 Å². The molecule has 1 aromatic heterocycles. The number of halogens is 1. The zero-order valence-electron chi connectivity index (χ0n) is 8.24. The lowest BCUT2D eigenvalue weighted by Gasteiger charge is -2.17. The third-order valence-corrected chi connectivity index (χ3v) is 2.09. The van der Waals surface area contributed by atoms with Crippen LogP contribution in [0.5, 0.6) is 0 Å². The van der Waals surface area contributed by atoms with Crippen LogP contribution in [0, 0.1) is 0 Å². The first-order chi connectivity index (χ1) is 6.86. The highest BCUT2D eigenvalue weighted by Gasteiger charge is 2.06. The van der Waals surface area contributed by atoms with Crippen molar-refractivity contribution in [1.29, 1.82) is 0 Å². The third-order valence-electron chi connectivity index (χ3n) is 1.88. The van der Waals surface area contributed by atoms with E-state index in [2.05, 4.69) is 10.3 Å². The lowest BCUT2D eigenvalue weighted by atomic mass is 10.2. The molecule has 0 spiro atoms. The fourth-order valence-electron chi connectivity index (χ4n) is 1.21. The van der Waals surface area contributed by atoms with Crippen LogP contribution >= 0.6 is 11.6 Å². The fraction of sp³-hybridized carbons (Fsp3) is 0.500. The molecule has 1 unspecified atom stereocenters. The van der Waals surface area contributed by atoms with E-state index in [1.807, 2.05) is 12.1 Å². The predicted octanol–water partition coefficient (Wildman–Crippen LogP) is 2.14. The topological polar surface area (TPSA) is 34.1 Å². The number of hydrogen-bond acceptors (Lipinski definition) is 3. The van der Waals surface area contributed by atoms with Gasteiger partial charge >= 0.3 is 0 Å². The van der Waals surface area contributed by atoms with Gasteiger partial charge < -0.3 is 10.1 Å². The molecule has 1 atom stereocenters. The number of hydrogen-bond donors (Lipinski definition) is 1. The van der Waals surface area contributed by atoms with E-state index in [0.29, 0.717) is 12.5 Å². The fourth-order valence-corrected chi connectivity index (χ4v) is 1.48. The van der Waals surface area contributed by atoms with E-state index >= 15 is 0 Å². The molecule has 78 valence electrons. The van der Waals surface area contributed by atoms with Gasteiger partial charge in [0.05, 0.1) is 12.6 Å². The van der Waals surface area contributed by atoms with Crippen LogP contribution in [0.2, 0.25) is 0 Å². The first kappa shape index (κ1) is 11.3. The molecule has 0 aliphatic heterocycles. The third kappa shape index (κ3) is 3.94. The predicted molar refractivity (Wildman–Crippen MR) is 58.9 cm³/mol. The molecule has 0 aromatic carbocycles. The Morgan fingerprint density at radius 1 is 1.50 bits per heavy atom. The van der Waals surface area contributed by atoms with Crippen molar-refractivity contribution in [2.75, 3.05) is 24.9 Å². The Hall–Kier alpha value is -0.800. The Morgan fingerprint density at radius 2 is 2.21 bits per heavy atom. The standard InChI is InChI=1S/C10H15ClN2O/c1-14-8-10(2-5-11)13-9-3-6-12-7-4-9/h3-4,6-7,10H,2,5,8H2,1H3,(H,12,13). The second-order valence-corrected chi connectivity index (χ2v) is 3.39. The van der Waals surface area contributed by atoms with E-state index in [0.717, 1.165) is 12.1 Å². The summed E-state index contributed by atoms with van der Waals surface area (Å²) in [7, 11) is 1.69. The van der Waals surface area contributed by atoms with Crippen molar-refractivity contribution in [3.63, 3.8) is 0 Å². The highest BCUT2D eigenvalue weighted by Crippen LogP contribution is 2.08. The van der Waals surface area contributed by atoms with Crippen LogP contribution in [-0.2, 0) is 4.74 Å². The Kier molecular flexibility index (Phi) is 5.33. The minimum Gasteiger partial charge on any atom is -0.383 e. The highest BCUT2D eigenvalue weighted by molar-refractivity contribution is 6.17. The van der Waals surface area contributed by atoms with Crippen molar-refractivity contribution >= 4 is 17.3 Å². The van der Waals surface area contributed by atoms with Gasteiger partial charge in [0.25, 0.3) is 0 Å². The maximum Gasteiger partial charge on any atom is 0.0664 e. The molecule has 0 saturated carbocycles. The number of rotatable bonds is 6. The van der Waals surface area contributed by atoms with Crippen LogP contribution in [0.25, 0.3) is 0 Å². The van der Waals surface area contributed by atoms with Gasteiger partial charge in [-0.25, -0.2) is 0 Å². The number of nitrogens with one attached hydrogen (secondary N) is 1. The Balaban J connectivity index is 2.46. The molecule has 0 bridgehead atoms. The van der Waals surface area contributed by atoms with Crippen LogP contribution in [0.1, 0.15) is 6.42 Å². The van der Waals surface area contributed by atoms with Gasteiger partial charge in [-0.15, -0.1) is 11.6 Å². The number of anilines is 1. The first-order valence-electron chi connectivity index (χ1n) is 4.58. The largest absolute Gasteiger partial charge is 0.383 e.